The number of halogens is 2. The van der Waals surface area contributed by atoms with Gasteiger partial charge in [0.2, 0.25) is 0 Å². The summed E-state index contributed by atoms with van der Waals surface area (Å²) in [5.41, 5.74) is 4.13. The first-order valence-corrected chi connectivity index (χ1v) is 14.4. The van der Waals surface area contributed by atoms with Gasteiger partial charge < -0.3 is 23.9 Å². The summed E-state index contributed by atoms with van der Waals surface area (Å²) in [7, 11) is -0.766. The first kappa shape index (κ1) is 23.6. The van der Waals surface area contributed by atoms with Crippen molar-refractivity contribution in [1.82, 2.24) is 19.4 Å². The summed E-state index contributed by atoms with van der Waals surface area (Å²) >= 11 is 0. The van der Waals surface area contributed by atoms with E-state index in [1.807, 2.05) is 28.8 Å². The molecule has 1 amide bonds. The Kier molecular flexibility index (Phi) is 5.35. The topological polar surface area (TPSA) is 89.3 Å². The summed E-state index contributed by atoms with van der Waals surface area (Å²) in [5, 5.41) is 2.92. The third kappa shape index (κ3) is 3.96. The third-order valence-electron chi connectivity index (χ3n) is 6.89. The Hall–Kier alpha value is -3.78. The summed E-state index contributed by atoms with van der Waals surface area (Å²) < 4.78 is 45.6. The Bertz CT molecular complexity index is 1600. The van der Waals surface area contributed by atoms with Gasteiger partial charge in [-0.25, -0.2) is 9.97 Å². The number of alkyl halides is 2. The number of imidazole rings is 1. The predicted octanol–water partition coefficient (Wildman–Crippen LogP) is 5.77. The Labute approximate surface area is 211 Å². The molecule has 190 valence electrons. The van der Waals surface area contributed by atoms with Crippen molar-refractivity contribution in [2.24, 2.45) is 0 Å². The molecule has 2 bridgehead atoms. The van der Waals surface area contributed by atoms with Crippen LogP contribution in [0.25, 0.3) is 22.2 Å². The molecule has 4 aromatic rings. The lowest BCUT2D eigenvalue weighted by atomic mass is 9.97. The lowest BCUT2D eigenvalue weighted by Crippen LogP contribution is -2.30. The Morgan fingerprint density at radius 1 is 1.11 bits per heavy atom. The van der Waals surface area contributed by atoms with Gasteiger partial charge in [-0.1, -0.05) is 12.1 Å². The normalized spacial score (nSPS) is 18.6. The van der Waals surface area contributed by atoms with E-state index in [2.05, 4.69) is 10.1 Å². The van der Waals surface area contributed by atoms with Crippen molar-refractivity contribution >= 4 is 30.1 Å². The van der Waals surface area contributed by atoms with Crippen molar-refractivity contribution in [2.75, 3.05) is 25.5 Å². The molecule has 0 saturated heterocycles. The van der Waals surface area contributed by atoms with E-state index in [1.54, 1.807) is 49.7 Å². The van der Waals surface area contributed by atoms with E-state index in [4.69, 9.17) is 9.72 Å². The van der Waals surface area contributed by atoms with Gasteiger partial charge in [-0.15, -0.1) is 0 Å². The molecule has 2 aliphatic rings. The fourth-order valence-electron chi connectivity index (χ4n) is 5.37. The van der Waals surface area contributed by atoms with E-state index < -0.39 is 19.9 Å². The fourth-order valence-corrected chi connectivity index (χ4v) is 6.05. The summed E-state index contributed by atoms with van der Waals surface area (Å²) in [6.45, 7) is 0.261. The molecule has 0 unspecified atom stereocenters. The highest BCUT2D eigenvalue weighted by atomic mass is 31.2. The monoisotopic (exact) mass is 523 g/mol. The van der Waals surface area contributed by atoms with Crippen LogP contribution in [0.15, 0.2) is 54.7 Å². The molecule has 0 saturated carbocycles. The average molecular weight is 523 g/mol. The van der Waals surface area contributed by atoms with Crippen molar-refractivity contribution in [3.63, 3.8) is 0 Å². The van der Waals surface area contributed by atoms with Crippen LogP contribution in [0, 0.1) is 0 Å². The number of aromatic nitrogens is 3. The van der Waals surface area contributed by atoms with Crippen LogP contribution in [0.2, 0.25) is 0 Å². The molecule has 0 aliphatic carbocycles. The minimum Gasteiger partial charge on any atom is -0.434 e. The molecule has 4 heterocycles. The van der Waals surface area contributed by atoms with Gasteiger partial charge in [-0.2, -0.15) is 8.78 Å². The number of hydrogen-bond acceptors (Lipinski definition) is 5. The molecule has 37 heavy (non-hydrogen) atoms. The van der Waals surface area contributed by atoms with Crippen LogP contribution < -0.4 is 9.82 Å². The van der Waals surface area contributed by atoms with Crippen LogP contribution >= 0.6 is 7.29 Å². The minimum absolute atomic E-state index is 0.00202. The zero-order valence-electron chi connectivity index (χ0n) is 20.4. The molecular weight excluding hydrogens is 499 g/mol. The van der Waals surface area contributed by atoms with Crippen LogP contribution in [0.5, 0.6) is 5.75 Å². The molecule has 11 heteroatoms. The number of rotatable bonds is 5. The molecule has 2 aromatic heterocycles. The molecular formula is C26H24F2N5O3P. The summed E-state index contributed by atoms with van der Waals surface area (Å²) in [4.78, 5) is 24.1. The van der Waals surface area contributed by atoms with Gasteiger partial charge in [-0.3, -0.25) is 4.79 Å². The number of carbonyl (C=O) groups is 1. The van der Waals surface area contributed by atoms with Crippen LogP contribution in [0.1, 0.15) is 40.3 Å². The van der Waals surface area contributed by atoms with Crippen molar-refractivity contribution in [1.29, 1.82) is 0 Å². The quantitative estimate of drug-likeness (QED) is 0.334. The van der Waals surface area contributed by atoms with Crippen LogP contribution in [-0.4, -0.2) is 52.3 Å². The number of pyridine rings is 1. The van der Waals surface area contributed by atoms with Gasteiger partial charge in [0.1, 0.15) is 17.4 Å². The first-order chi connectivity index (χ1) is 17.6. The predicted molar refractivity (Wildman–Crippen MR) is 137 cm³/mol. The van der Waals surface area contributed by atoms with Gasteiger partial charge in [-0.05, 0) is 42.0 Å². The highest BCUT2D eigenvalue weighted by Gasteiger charge is 2.45. The lowest BCUT2D eigenvalue weighted by molar-refractivity contribution is -0.0507. The molecule has 8 nitrogen and oxygen atoms in total. The maximum atomic E-state index is 13.3. The maximum Gasteiger partial charge on any atom is 0.387 e. The van der Waals surface area contributed by atoms with Crippen molar-refractivity contribution in [2.45, 2.75) is 25.1 Å². The average Bonchev–Trinajstić information content (AvgIpc) is 3.36. The molecule has 2 atom stereocenters. The van der Waals surface area contributed by atoms with Gasteiger partial charge >= 0.3 is 6.61 Å². The summed E-state index contributed by atoms with van der Waals surface area (Å²) in [6.07, 6.45) is 2.22. The number of hydrogen-bond donors (Lipinski definition) is 1. The van der Waals surface area contributed by atoms with E-state index in [1.165, 1.54) is 6.07 Å². The molecule has 2 aromatic carbocycles. The highest BCUT2D eigenvalue weighted by molar-refractivity contribution is 7.63. The van der Waals surface area contributed by atoms with Gasteiger partial charge in [0.05, 0.1) is 23.1 Å². The largest absolute Gasteiger partial charge is 0.434 e. The van der Waals surface area contributed by atoms with E-state index in [0.717, 1.165) is 22.2 Å². The number of nitrogens with one attached hydrogen (secondary N) is 1. The molecule has 0 spiro atoms. The Balaban J connectivity index is 1.49. The first-order valence-electron chi connectivity index (χ1n) is 11.8. The second-order valence-corrected chi connectivity index (χ2v) is 12.6. The standard InChI is InChI=1S/C26H24F2N5O3P/c1-32-20-12-19(23-16(25(32)34)5-4-6-21(23)36-26(27)28)33-18-11-14(7-9-17(18)30-24(20)33)15-8-10-22(29-13-15)31-37(2,3)35/h4-11,13,19-20,26H,12H2,1-3H3,(H,29,31,35)/t19-,20-/m1/s1. The van der Waals surface area contributed by atoms with E-state index >= 15 is 0 Å². The van der Waals surface area contributed by atoms with Gasteiger partial charge in [0, 0.05) is 49.7 Å². The van der Waals surface area contributed by atoms with Gasteiger partial charge in [0.15, 0.2) is 7.29 Å². The number of nitrogens with zero attached hydrogens (tertiary/aromatic N) is 4. The summed E-state index contributed by atoms with van der Waals surface area (Å²) in [5.74, 6) is 1.00. The number of anilines is 1. The second kappa shape index (κ2) is 8.38. The summed E-state index contributed by atoms with van der Waals surface area (Å²) in [6, 6.07) is 13.5. The molecule has 2 aliphatic heterocycles. The molecule has 1 N–H and O–H groups in total. The highest BCUT2D eigenvalue weighted by Crippen LogP contribution is 2.50. The zero-order chi connectivity index (χ0) is 26.1. The molecule has 0 radical (unpaired) electrons. The molecule has 6 rings (SSSR count). The van der Waals surface area contributed by atoms with Crippen molar-refractivity contribution in [3.8, 4) is 16.9 Å². The second-order valence-electron chi connectivity index (χ2n) is 9.72. The SMILES string of the molecule is CN1C(=O)c2cccc(OC(F)F)c2[C@H]2C[C@@H]1c1nc3ccc(-c4ccc(NP(C)(C)=O)nc4)cc3n12. The van der Waals surface area contributed by atoms with Crippen LogP contribution in [0.4, 0.5) is 14.6 Å². The van der Waals surface area contributed by atoms with E-state index in [0.29, 0.717) is 29.2 Å². The van der Waals surface area contributed by atoms with E-state index in [9.17, 15) is 18.1 Å². The smallest absolute Gasteiger partial charge is 0.387 e. The van der Waals surface area contributed by atoms with Crippen LogP contribution in [-0.2, 0) is 4.57 Å². The number of ether oxygens (including phenoxy) is 1. The van der Waals surface area contributed by atoms with Crippen molar-refractivity contribution in [3.05, 3.63) is 71.7 Å². The zero-order valence-corrected chi connectivity index (χ0v) is 21.2. The Morgan fingerprint density at radius 2 is 1.89 bits per heavy atom. The Morgan fingerprint density at radius 3 is 2.59 bits per heavy atom. The minimum atomic E-state index is -3.01. The molecule has 0 fully saturated rings. The van der Waals surface area contributed by atoms with Crippen molar-refractivity contribution < 1.29 is 22.9 Å². The number of benzene rings is 2. The van der Waals surface area contributed by atoms with E-state index in [-0.39, 0.29) is 17.7 Å². The van der Waals surface area contributed by atoms with Crippen LogP contribution in [0.3, 0.4) is 0 Å². The third-order valence-corrected chi connectivity index (χ3v) is 7.65. The number of amides is 1. The number of fused-ring (bicyclic) bond motifs is 9. The fraction of sp³-hybridized carbons (Fsp3) is 0.269. The maximum absolute atomic E-state index is 13.3. The number of carbonyl (C=O) groups excluding carboxylic acids is 1. The van der Waals surface area contributed by atoms with Gasteiger partial charge in [0.25, 0.3) is 5.91 Å². The lowest BCUT2D eigenvalue weighted by Gasteiger charge is -2.24.